The first-order valence-corrected chi connectivity index (χ1v) is 8.32. The van der Waals surface area contributed by atoms with E-state index in [1.807, 2.05) is 25.1 Å². The highest BCUT2D eigenvalue weighted by atomic mass is 35.5. The Morgan fingerprint density at radius 1 is 1.35 bits per heavy atom. The molecule has 0 bridgehead atoms. The maximum atomic E-state index is 12.2. The second kappa shape index (κ2) is 8.64. The standard InChI is InChI=1S/C18H20ClN3O4/c1-11-8-16(22(24)25)17(26-3)9-15(11)21-18(23)10-20-12(2)13-6-4-5-7-14(13)19/h4-9,12,20H,10H2,1-3H3,(H,21,23)/t12-/m0/s1. The van der Waals surface area contributed by atoms with Gasteiger partial charge in [-0.15, -0.1) is 0 Å². The van der Waals surface area contributed by atoms with E-state index in [1.165, 1.54) is 19.2 Å². The number of amides is 1. The fourth-order valence-electron chi connectivity index (χ4n) is 2.49. The van der Waals surface area contributed by atoms with Crippen molar-refractivity contribution in [3.8, 4) is 5.75 Å². The van der Waals surface area contributed by atoms with E-state index in [4.69, 9.17) is 16.3 Å². The van der Waals surface area contributed by atoms with Crippen molar-refractivity contribution in [2.75, 3.05) is 19.0 Å². The van der Waals surface area contributed by atoms with Crippen LogP contribution in [0.2, 0.25) is 5.02 Å². The third kappa shape index (κ3) is 4.71. The first kappa shape index (κ1) is 19.7. The zero-order chi connectivity index (χ0) is 19.3. The lowest BCUT2D eigenvalue weighted by Crippen LogP contribution is -2.30. The summed E-state index contributed by atoms with van der Waals surface area (Å²) in [5.41, 5.74) is 1.79. The summed E-state index contributed by atoms with van der Waals surface area (Å²) in [6.45, 7) is 3.65. The molecule has 0 unspecified atom stereocenters. The van der Waals surface area contributed by atoms with Gasteiger partial charge in [-0.1, -0.05) is 29.8 Å². The number of nitro benzene ring substituents is 1. The maximum absolute atomic E-state index is 12.2. The van der Waals surface area contributed by atoms with Crippen molar-refractivity contribution in [1.29, 1.82) is 0 Å². The van der Waals surface area contributed by atoms with Crippen LogP contribution in [-0.4, -0.2) is 24.5 Å². The number of carbonyl (C=O) groups excluding carboxylic acids is 1. The van der Waals surface area contributed by atoms with Gasteiger partial charge in [0.2, 0.25) is 5.91 Å². The lowest BCUT2D eigenvalue weighted by molar-refractivity contribution is -0.385. The second-order valence-corrected chi connectivity index (χ2v) is 6.18. The van der Waals surface area contributed by atoms with Crippen LogP contribution in [0.25, 0.3) is 0 Å². The molecular formula is C18H20ClN3O4. The van der Waals surface area contributed by atoms with Crippen molar-refractivity contribution in [1.82, 2.24) is 5.32 Å². The van der Waals surface area contributed by atoms with Crippen LogP contribution in [0.1, 0.15) is 24.1 Å². The van der Waals surface area contributed by atoms with E-state index in [2.05, 4.69) is 10.6 Å². The van der Waals surface area contributed by atoms with E-state index in [1.54, 1.807) is 13.0 Å². The Bertz CT molecular complexity index is 826. The number of benzene rings is 2. The van der Waals surface area contributed by atoms with E-state index < -0.39 is 4.92 Å². The minimum Gasteiger partial charge on any atom is -0.490 e. The molecule has 2 aromatic rings. The maximum Gasteiger partial charge on any atom is 0.311 e. The van der Waals surface area contributed by atoms with Gasteiger partial charge in [-0.25, -0.2) is 0 Å². The van der Waals surface area contributed by atoms with Crippen LogP contribution in [0.4, 0.5) is 11.4 Å². The molecule has 26 heavy (non-hydrogen) atoms. The zero-order valence-corrected chi connectivity index (χ0v) is 15.5. The predicted octanol–water partition coefficient (Wildman–Crippen LogP) is 3.85. The van der Waals surface area contributed by atoms with Gasteiger partial charge in [0.05, 0.1) is 18.6 Å². The van der Waals surface area contributed by atoms with E-state index in [0.717, 1.165) is 5.56 Å². The van der Waals surface area contributed by atoms with Crippen LogP contribution in [0.3, 0.4) is 0 Å². The van der Waals surface area contributed by atoms with Crippen LogP contribution >= 0.6 is 11.6 Å². The Hall–Kier alpha value is -2.64. The number of hydrogen-bond donors (Lipinski definition) is 2. The molecule has 2 aromatic carbocycles. The highest BCUT2D eigenvalue weighted by Gasteiger charge is 2.18. The summed E-state index contributed by atoms with van der Waals surface area (Å²) in [6, 6.07) is 10.1. The fourth-order valence-corrected chi connectivity index (χ4v) is 2.79. The molecule has 0 heterocycles. The van der Waals surface area contributed by atoms with Gasteiger partial charge in [0.15, 0.2) is 5.75 Å². The quantitative estimate of drug-likeness (QED) is 0.564. The normalized spacial score (nSPS) is 11.7. The van der Waals surface area contributed by atoms with Crippen molar-refractivity contribution in [2.45, 2.75) is 19.9 Å². The third-order valence-corrected chi connectivity index (χ3v) is 4.28. The Morgan fingerprint density at radius 2 is 2.04 bits per heavy atom. The molecule has 0 aliphatic carbocycles. The molecule has 138 valence electrons. The predicted molar refractivity (Wildman–Crippen MR) is 101 cm³/mol. The molecule has 0 aliphatic heterocycles. The number of anilines is 1. The second-order valence-electron chi connectivity index (χ2n) is 5.77. The highest BCUT2D eigenvalue weighted by Crippen LogP contribution is 2.32. The molecule has 0 aromatic heterocycles. The van der Waals surface area contributed by atoms with Crippen LogP contribution < -0.4 is 15.4 Å². The summed E-state index contributed by atoms with van der Waals surface area (Å²) in [7, 11) is 1.34. The number of halogens is 1. The molecular weight excluding hydrogens is 358 g/mol. The van der Waals surface area contributed by atoms with Crippen molar-refractivity contribution >= 4 is 28.9 Å². The summed E-state index contributed by atoms with van der Waals surface area (Å²) < 4.78 is 5.03. The summed E-state index contributed by atoms with van der Waals surface area (Å²) in [4.78, 5) is 22.7. The van der Waals surface area contributed by atoms with Gasteiger partial charge < -0.3 is 15.4 Å². The molecule has 8 heteroatoms. The summed E-state index contributed by atoms with van der Waals surface area (Å²) in [5.74, 6) is -0.184. The van der Waals surface area contributed by atoms with Gasteiger partial charge in [-0.05, 0) is 31.0 Å². The molecule has 0 radical (unpaired) electrons. The Labute approximate surface area is 156 Å². The van der Waals surface area contributed by atoms with Crippen LogP contribution in [0, 0.1) is 17.0 Å². The van der Waals surface area contributed by atoms with Gasteiger partial charge in [0.25, 0.3) is 0 Å². The van der Waals surface area contributed by atoms with E-state index >= 15 is 0 Å². The smallest absolute Gasteiger partial charge is 0.311 e. The van der Waals surface area contributed by atoms with Crippen LogP contribution in [0.15, 0.2) is 36.4 Å². The number of methoxy groups -OCH3 is 1. The summed E-state index contributed by atoms with van der Waals surface area (Å²) in [6.07, 6.45) is 0. The molecule has 1 atom stereocenters. The monoisotopic (exact) mass is 377 g/mol. The summed E-state index contributed by atoms with van der Waals surface area (Å²) in [5, 5.41) is 17.5. The zero-order valence-electron chi connectivity index (χ0n) is 14.7. The number of ether oxygens (including phenoxy) is 1. The Balaban J connectivity index is 2.04. The molecule has 0 aliphatic rings. The topological polar surface area (TPSA) is 93.5 Å². The van der Waals surface area contributed by atoms with Gasteiger partial charge in [-0.3, -0.25) is 14.9 Å². The first-order valence-electron chi connectivity index (χ1n) is 7.94. The summed E-state index contributed by atoms with van der Waals surface area (Å²) >= 11 is 6.15. The molecule has 0 saturated heterocycles. The fraction of sp³-hybridized carbons (Fsp3) is 0.278. The van der Waals surface area contributed by atoms with E-state index in [-0.39, 0.29) is 29.9 Å². The Kier molecular flexibility index (Phi) is 6.54. The van der Waals surface area contributed by atoms with Crippen LogP contribution in [-0.2, 0) is 4.79 Å². The number of hydrogen-bond acceptors (Lipinski definition) is 5. The lowest BCUT2D eigenvalue weighted by atomic mass is 10.1. The van der Waals surface area contributed by atoms with Crippen molar-refractivity contribution in [2.24, 2.45) is 0 Å². The van der Waals surface area contributed by atoms with Crippen molar-refractivity contribution in [3.05, 3.63) is 62.7 Å². The molecule has 2 N–H and O–H groups in total. The number of nitrogens with one attached hydrogen (secondary N) is 2. The molecule has 1 amide bonds. The molecule has 0 fully saturated rings. The van der Waals surface area contributed by atoms with E-state index in [0.29, 0.717) is 16.3 Å². The average molecular weight is 378 g/mol. The Morgan fingerprint density at radius 3 is 2.65 bits per heavy atom. The molecule has 0 saturated carbocycles. The van der Waals surface area contributed by atoms with Crippen LogP contribution in [0.5, 0.6) is 5.75 Å². The number of aryl methyl sites for hydroxylation is 1. The number of nitro groups is 1. The molecule has 7 nitrogen and oxygen atoms in total. The van der Waals surface area contributed by atoms with Gasteiger partial charge in [0.1, 0.15) is 0 Å². The van der Waals surface area contributed by atoms with Gasteiger partial charge in [-0.2, -0.15) is 0 Å². The largest absolute Gasteiger partial charge is 0.490 e. The minimum atomic E-state index is -0.524. The van der Waals surface area contributed by atoms with Crippen molar-refractivity contribution in [3.63, 3.8) is 0 Å². The van der Waals surface area contributed by atoms with Crippen molar-refractivity contribution < 1.29 is 14.5 Å². The first-order chi connectivity index (χ1) is 12.3. The highest BCUT2D eigenvalue weighted by molar-refractivity contribution is 6.31. The number of carbonyl (C=O) groups is 1. The van der Waals surface area contributed by atoms with Gasteiger partial charge in [0, 0.05) is 28.9 Å². The van der Waals surface area contributed by atoms with E-state index in [9.17, 15) is 14.9 Å². The minimum absolute atomic E-state index is 0.0606. The lowest BCUT2D eigenvalue weighted by Gasteiger charge is -2.16. The molecule has 0 spiro atoms. The SMILES string of the molecule is COc1cc(NC(=O)CN[C@@H](C)c2ccccc2Cl)c(C)cc1[N+](=O)[O-]. The third-order valence-electron chi connectivity index (χ3n) is 3.94. The van der Waals surface area contributed by atoms with Gasteiger partial charge >= 0.3 is 5.69 Å². The number of rotatable bonds is 7. The molecule has 2 rings (SSSR count). The average Bonchev–Trinajstić information content (AvgIpc) is 2.61. The number of nitrogens with zero attached hydrogens (tertiary/aromatic N) is 1.